The summed E-state index contributed by atoms with van der Waals surface area (Å²) in [7, 11) is 0. The monoisotopic (exact) mass is 318 g/mol. The molecule has 1 heterocycles. The number of likely N-dealkylation sites (tertiary alicyclic amines) is 1. The van der Waals surface area contributed by atoms with Crippen LogP contribution in [-0.2, 0) is 9.59 Å². The van der Waals surface area contributed by atoms with Crippen molar-refractivity contribution in [1.29, 1.82) is 0 Å². The summed E-state index contributed by atoms with van der Waals surface area (Å²) in [6.45, 7) is 6.82. The Morgan fingerprint density at radius 1 is 1.29 bits per heavy atom. The van der Waals surface area contributed by atoms with Crippen LogP contribution in [0.5, 0.6) is 0 Å². The van der Waals surface area contributed by atoms with Crippen LogP contribution >= 0.6 is 12.4 Å². The lowest BCUT2D eigenvalue weighted by Crippen LogP contribution is -2.47. The van der Waals surface area contributed by atoms with Gasteiger partial charge in [0.05, 0.1) is 12.5 Å². The van der Waals surface area contributed by atoms with Gasteiger partial charge in [0.15, 0.2) is 0 Å². The van der Waals surface area contributed by atoms with Gasteiger partial charge in [0, 0.05) is 19.1 Å². The van der Waals surface area contributed by atoms with Gasteiger partial charge in [0.25, 0.3) is 0 Å². The van der Waals surface area contributed by atoms with Gasteiger partial charge in [0.2, 0.25) is 5.91 Å². The highest BCUT2D eigenvalue weighted by Crippen LogP contribution is 2.28. The number of rotatable bonds is 6. The van der Waals surface area contributed by atoms with Crippen molar-refractivity contribution in [3.05, 3.63) is 0 Å². The molecule has 1 atom stereocenters. The Balaban J connectivity index is 0.00000220. The summed E-state index contributed by atoms with van der Waals surface area (Å²) in [6, 6.07) is 0.435. The van der Waals surface area contributed by atoms with Crippen LogP contribution in [-0.4, -0.2) is 59.0 Å². The van der Waals surface area contributed by atoms with E-state index >= 15 is 0 Å². The number of piperidine rings is 1. The van der Waals surface area contributed by atoms with Gasteiger partial charge in [-0.1, -0.05) is 13.8 Å². The maximum Gasteiger partial charge on any atom is 0.307 e. The van der Waals surface area contributed by atoms with Gasteiger partial charge in [-0.05, 0) is 38.1 Å². The van der Waals surface area contributed by atoms with Crippen LogP contribution < -0.4 is 0 Å². The summed E-state index contributed by atoms with van der Waals surface area (Å²) >= 11 is 0. The zero-order valence-corrected chi connectivity index (χ0v) is 13.8. The van der Waals surface area contributed by atoms with Crippen LogP contribution in [0.4, 0.5) is 0 Å². The number of hydrogen-bond acceptors (Lipinski definition) is 3. The van der Waals surface area contributed by atoms with Gasteiger partial charge in [-0.2, -0.15) is 0 Å². The molecule has 1 aliphatic carbocycles. The smallest absolute Gasteiger partial charge is 0.307 e. The van der Waals surface area contributed by atoms with Crippen molar-refractivity contribution >= 4 is 24.3 Å². The van der Waals surface area contributed by atoms with Gasteiger partial charge < -0.3 is 10.0 Å². The van der Waals surface area contributed by atoms with Crippen LogP contribution in [0.1, 0.15) is 39.5 Å². The third-order valence-electron chi connectivity index (χ3n) is 4.08. The molecule has 2 rings (SSSR count). The molecule has 1 unspecified atom stereocenters. The van der Waals surface area contributed by atoms with E-state index in [1.54, 1.807) is 0 Å². The number of nitrogens with zero attached hydrogens (tertiary/aromatic N) is 2. The minimum atomic E-state index is -0.733. The average Bonchev–Trinajstić information content (AvgIpc) is 3.20. The highest BCUT2D eigenvalue weighted by molar-refractivity contribution is 5.85. The number of carbonyl (C=O) groups is 2. The average molecular weight is 319 g/mol. The van der Waals surface area contributed by atoms with E-state index in [0.29, 0.717) is 25.0 Å². The van der Waals surface area contributed by atoms with Crippen LogP contribution in [0, 0.1) is 11.8 Å². The molecule has 2 aliphatic rings. The molecule has 1 N–H and O–H groups in total. The molecular weight excluding hydrogens is 292 g/mol. The molecule has 1 saturated carbocycles. The van der Waals surface area contributed by atoms with Crippen molar-refractivity contribution in [2.45, 2.75) is 45.6 Å². The fraction of sp³-hybridized carbons (Fsp3) is 0.867. The van der Waals surface area contributed by atoms with Crippen LogP contribution in [0.25, 0.3) is 0 Å². The Hall–Kier alpha value is -0.810. The van der Waals surface area contributed by atoms with Gasteiger partial charge in [-0.15, -0.1) is 12.4 Å². The minimum Gasteiger partial charge on any atom is -0.481 e. The Kier molecular flexibility index (Phi) is 6.94. The first kappa shape index (κ1) is 18.2. The van der Waals surface area contributed by atoms with Crippen LogP contribution in [0.15, 0.2) is 0 Å². The fourth-order valence-corrected chi connectivity index (χ4v) is 2.92. The summed E-state index contributed by atoms with van der Waals surface area (Å²) in [4.78, 5) is 27.5. The van der Waals surface area contributed by atoms with Crippen LogP contribution in [0.2, 0.25) is 0 Å². The molecule has 122 valence electrons. The summed E-state index contributed by atoms with van der Waals surface area (Å²) < 4.78 is 0. The molecule has 0 aromatic rings. The largest absolute Gasteiger partial charge is 0.481 e. The molecule has 0 spiro atoms. The Morgan fingerprint density at radius 3 is 2.48 bits per heavy atom. The molecular formula is C15H27ClN2O3. The quantitative estimate of drug-likeness (QED) is 0.812. The third kappa shape index (κ3) is 5.47. The predicted octanol–water partition coefficient (Wildman–Crippen LogP) is 1.85. The second-order valence-electron chi connectivity index (χ2n) is 6.58. The molecule has 0 aromatic carbocycles. The maximum absolute atomic E-state index is 12.4. The van der Waals surface area contributed by atoms with E-state index in [4.69, 9.17) is 5.11 Å². The summed E-state index contributed by atoms with van der Waals surface area (Å²) in [6.07, 6.45) is 3.85. The van der Waals surface area contributed by atoms with Gasteiger partial charge >= 0.3 is 5.97 Å². The van der Waals surface area contributed by atoms with Gasteiger partial charge in [0.1, 0.15) is 0 Å². The lowest BCUT2D eigenvalue weighted by molar-refractivity contribution is -0.145. The zero-order valence-electron chi connectivity index (χ0n) is 13.0. The number of amides is 1. The van der Waals surface area contributed by atoms with Crippen molar-refractivity contribution in [2.24, 2.45) is 11.8 Å². The number of halogens is 1. The fourth-order valence-electron chi connectivity index (χ4n) is 2.92. The first-order valence-corrected chi connectivity index (χ1v) is 7.72. The predicted molar refractivity (Wildman–Crippen MR) is 83.6 cm³/mol. The van der Waals surface area contributed by atoms with E-state index in [0.717, 1.165) is 38.8 Å². The summed E-state index contributed by atoms with van der Waals surface area (Å²) in [5.74, 6) is -0.390. The normalized spacial score (nSPS) is 22.7. The number of carboxylic acid groups (broad SMARTS) is 1. The molecule has 0 radical (unpaired) electrons. The van der Waals surface area contributed by atoms with E-state index < -0.39 is 5.97 Å². The highest BCUT2D eigenvalue weighted by Gasteiger charge is 2.34. The van der Waals surface area contributed by atoms with E-state index in [2.05, 4.69) is 13.8 Å². The number of aliphatic carboxylic acids is 1. The van der Waals surface area contributed by atoms with Crippen molar-refractivity contribution in [2.75, 3.05) is 26.2 Å². The Labute approximate surface area is 133 Å². The van der Waals surface area contributed by atoms with Gasteiger partial charge in [-0.3, -0.25) is 14.5 Å². The second-order valence-corrected chi connectivity index (χ2v) is 6.58. The molecule has 21 heavy (non-hydrogen) atoms. The molecule has 0 bridgehead atoms. The Morgan fingerprint density at radius 2 is 1.95 bits per heavy atom. The van der Waals surface area contributed by atoms with Gasteiger partial charge in [-0.25, -0.2) is 0 Å². The van der Waals surface area contributed by atoms with E-state index in [9.17, 15) is 9.59 Å². The van der Waals surface area contributed by atoms with E-state index in [-0.39, 0.29) is 24.2 Å². The molecule has 5 nitrogen and oxygen atoms in total. The number of carbonyl (C=O) groups excluding carboxylic acids is 1. The van der Waals surface area contributed by atoms with E-state index in [1.165, 1.54) is 0 Å². The standard InChI is InChI=1S/C15H26N2O3.ClH/c1-11(2)8-17(13-5-6-13)14(18)10-16-7-3-4-12(9-16)15(19)20;/h11-13H,3-10H2,1-2H3,(H,19,20);1H. The SMILES string of the molecule is CC(C)CN(C(=O)CN1CCCC(C(=O)O)C1)C1CC1.Cl. The molecule has 1 saturated heterocycles. The minimum absolute atomic E-state index is 0. The maximum atomic E-state index is 12.4. The molecule has 0 aromatic heterocycles. The first-order chi connectivity index (χ1) is 9.47. The van der Waals surface area contributed by atoms with E-state index in [1.807, 2.05) is 9.80 Å². The lowest BCUT2D eigenvalue weighted by Gasteiger charge is -2.32. The number of carboxylic acids is 1. The molecule has 2 fully saturated rings. The highest BCUT2D eigenvalue weighted by atomic mass is 35.5. The summed E-state index contributed by atoms with van der Waals surface area (Å²) in [5, 5.41) is 9.09. The lowest BCUT2D eigenvalue weighted by atomic mass is 9.98. The first-order valence-electron chi connectivity index (χ1n) is 7.72. The van der Waals surface area contributed by atoms with Crippen LogP contribution in [0.3, 0.4) is 0 Å². The molecule has 1 amide bonds. The Bertz CT molecular complexity index is 372. The summed E-state index contributed by atoms with van der Waals surface area (Å²) in [5.41, 5.74) is 0. The van der Waals surface area contributed by atoms with Crippen molar-refractivity contribution in [3.63, 3.8) is 0 Å². The third-order valence-corrected chi connectivity index (χ3v) is 4.08. The topological polar surface area (TPSA) is 60.9 Å². The zero-order chi connectivity index (χ0) is 14.7. The number of hydrogen-bond donors (Lipinski definition) is 1. The second kappa shape index (κ2) is 7.99. The van der Waals surface area contributed by atoms with Crippen molar-refractivity contribution in [1.82, 2.24) is 9.80 Å². The van der Waals surface area contributed by atoms with Crippen molar-refractivity contribution in [3.8, 4) is 0 Å². The molecule has 6 heteroatoms. The molecule has 1 aliphatic heterocycles. The van der Waals surface area contributed by atoms with Crippen molar-refractivity contribution < 1.29 is 14.7 Å².